The fourth-order valence-electron chi connectivity index (χ4n) is 6.69. The van der Waals surface area contributed by atoms with Crippen molar-refractivity contribution in [2.45, 2.75) is 55.9 Å². The van der Waals surface area contributed by atoms with E-state index in [1.807, 2.05) is 36.4 Å². The summed E-state index contributed by atoms with van der Waals surface area (Å²) in [5.41, 5.74) is 1.08. The van der Waals surface area contributed by atoms with Crippen LogP contribution in [-0.2, 0) is 18.1 Å². The van der Waals surface area contributed by atoms with E-state index in [-0.39, 0.29) is 23.2 Å². The van der Waals surface area contributed by atoms with Crippen LogP contribution in [0.4, 0.5) is 23.7 Å². The highest BCUT2D eigenvalue weighted by Gasteiger charge is 2.51. The highest BCUT2D eigenvalue weighted by molar-refractivity contribution is 6.31. The molecule has 0 radical (unpaired) electrons. The Kier molecular flexibility index (Phi) is 8.62. The molecule has 42 heavy (non-hydrogen) atoms. The molecule has 1 saturated heterocycles. The topological polar surface area (TPSA) is 54.0 Å². The molecule has 1 heterocycles. The van der Waals surface area contributed by atoms with Crippen molar-refractivity contribution in [1.82, 2.24) is 9.80 Å². The number of fused-ring (bicyclic) bond motifs is 1. The SMILES string of the molecule is COc1ccc(C23CCC(N(Cc4ccccc4)C(=O)Nc4ccc(Cl)c(C(F)(F)F)c4)CC2N(C)CC3)cc1OC. The number of anilines is 1. The van der Waals surface area contributed by atoms with Crippen LogP contribution in [0.15, 0.2) is 66.7 Å². The van der Waals surface area contributed by atoms with Crippen molar-refractivity contribution in [3.8, 4) is 11.5 Å². The number of carbonyl (C=O) groups excluding carboxylic acids is 1. The van der Waals surface area contributed by atoms with E-state index in [1.54, 1.807) is 19.1 Å². The molecule has 3 aromatic carbocycles. The molecule has 2 fully saturated rings. The molecule has 3 aromatic rings. The number of likely N-dealkylation sites (tertiary alicyclic amines) is 1. The van der Waals surface area contributed by atoms with Gasteiger partial charge < -0.3 is 24.6 Å². The first-order chi connectivity index (χ1) is 20.1. The van der Waals surface area contributed by atoms with Gasteiger partial charge in [0.15, 0.2) is 11.5 Å². The number of rotatable bonds is 7. The number of carbonyl (C=O) groups is 1. The summed E-state index contributed by atoms with van der Waals surface area (Å²) in [6.07, 6.45) is -1.34. The van der Waals surface area contributed by atoms with Gasteiger partial charge in [-0.15, -0.1) is 0 Å². The second-order valence-corrected chi connectivity index (χ2v) is 11.5. The molecule has 1 aliphatic carbocycles. The molecule has 1 aliphatic heterocycles. The molecule has 2 aliphatic rings. The average molecular weight is 602 g/mol. The lowest BCUT2D eigenvalue weighted by molar-refractivity contribution is -0.137. The van der Waals surface area contributed by atoms with Crippen LogP contribution in [0.2, 0.25) is 5.02 Å². The fraction of sp³-hybridized carbons (Fsp3) is 0.406. The van der Waals surface area contributed by atoms with Crippen molar-refractivity contribution in [3.05, 3.63) is 88.4 Å². The van der Waals surface area contributed by atoms with Gasteiger partial charge in [0.25, 0.3) is 0 Å². The molecule has 5 rings (SSSR count). The van der Waals surface area contributed by atoms with Gasteiger partial charge in [-0.1, -0.05) is 48.0 Å². The van der Waals surface area contributed by atoms with Crippen LogP contribution in [-0.4, -0.2) is 55.7 Å². The number of urea groups is 1. The van der Waals surface area contributed by atoms with E-state index in [4.69, 9.17) is 21.1 Å². The van der Waals surface area contributed by atoms with E-state index in [2.05, 4.69) is 29.4 Å². The summed E-state index contributed by atoms with van der Waals surface area (Å²) < 4.78 is 51.6. The number of alkyl halides is 3. The van der Waals surface area contributed by atoms with E-state index < -0.39 is 22.8 Å². The smallest absolute Gasteiger partial charge is 0.417 e. The number of methoxy groups -OCH3 is 2. The van der Waals surface area contributed by atoms with E-state index in [1.165, 1.54) is 11.6 Å². The first kappa shape index (κ1) is 30.0. The maximum absolute atomic E-state index is 13.8. The van der Waals surface area contributed by atoms with Gasteiger partial charge in [0, 0.05) is 29.7 Å². The van der Waals surface area contributed by atoms with E-state index in [0.717, 1.165) is 49.9 Å². The largest absolute Gasteiger partial charge is 0.493 e. The zero-order chi connectivity index (χ0) is 30.1. The molecule has 2 amide bonds. The van der Waals surface area contributed by atoms with Crippen molar-refractivity contribution in [3.63, 3.8) is 0 Å². The van der Waals surface area contributed by atoms with Crippen LogP contribution < -0.4 is 14.8 Å². The lowest BCUT2D eigenvalue weighted by Crippen LogP contribution is -2.53. The van der Waals surface area contributed by atoms with E-state index in [9.17, 15) is 18.0 Å². The van der Waals surface area contributed by atoms with Crippen molar-refractivity contribution >= 4 is 23.3 Å². The zero-order valence-corrected chi connectivity index (χ0v) is 24.6. The predicted octanol–water partition coefficient (Wildman–Crippen LogP) is 7.60. The maximum Gasteiger partial charge on any atom is 0.417 e. The molecule has 0 bridgehead atoms. The summed E-state index contributed by atoms with van der Waals surface area (Å²) >= 11 is 5.81. The summed E-state index contributed by atoms with van der Waals surface area (Å²) in [4.78, 5) is 17.9. The molecule has 1 saturated carbocycles. The van der Waals surface area contributed by atoms with Gasteiger partial charge in [0.1, 0.15) is 0 Å². The predicted molar refractivity (Wildman–Crippen MR) is 157 cm³/mol. The molecule has 224 valence electrons. The molecule has 0 aromatic heterocycles. The number of hydrogen-bond acceptors (Lipinski definition) is 4. The number of amides is 2. The monoisotopic (exact) mass is 601 g/mol. The van der Waals surface area contributed by atoms with Gasteiger partial charge in [-0.2, -0.15) is 13.2 Å². The molecular weight excluding hydrogens is 567 g/mol. The quantitative estimate of drug-likeness (QED) is 0.303. The van der Waals surface area contributed by atoms with Crippen molar-refractivity contribution < 1.29 is 27.4 Å². The third-order valence-corrected chi connectivity index (χ3v) is 9.21. The lowest BCUT2D eigenvalue weighted by Gasteiger charge is -2.47. The van der Waals surface area contributed by atoms with E-state index >= 15 is 0 Å². The Labute approximate surface area is 249 Å². The fourth-order valence-corrected chi connectivity index (χ4v) is 6.91. The molecule has 10 heteroatoms. The Bertz CT molecular complexity index is 1420. The Hall–Kier alpha value is -3.43. The summed E-state index contributed by atoms with van der Waals surface area (Å²) in [5.74, 6) is 1.36. The third kappa shape index (κ3) is 5.90. The summed E-state index contributed by atoms with van der Waals surface area (Å²) in [6.45, 7) is 1.25. The number of ether oxygens (including phenoxy) is 2. The average Bonchev–Trinajstić information content (AvgIpc) is 3.33. The van der Waals surface area contributed by atoms with Crippen LogP contribution in [0.3, 0.4) is 0 Å². The number of hydrogen-bond donors (Lipinski definition) is 1. The number of nitrogens with one attached hydrogen (secondary N) is 1. The van der Waals surface area contributed by atoms with E-state index in [0.29, 0.717) is 18.0 Å². The first-order valence-corrected chi connectivity index (χ1v) is 14.3. The number of halogens is 4. The first-order valence-electron chi connectivity index (χ1n) is 14.0. The molecule has 6 nitrogen and oxygen atoms in total. The minimum absolute atomic E-state index is 0.0447. The highest BCUT2D eigenvalue weighted by atomic mass is 35.5. The minimum Gasteiger partial charge on any atom is -0.493 e. The van der Waals surface area contributed by atoms with Crippen LogP contribution >= 0.6 is 11.6 Å². The Morgan fingerprint density at radius 3 is 2.48 bits per heavy atom. The standard InChI is InChI=1S/C32H35ClF3N3O3/c1-38-16-15-31(22-9-12-27(41-2)28(17-22)42-3)14-13-24(19-29(31)38)39(20-21-7-5-4-6-8-21)30(40)37-23-10-11-26(33)25(18-23)32(34,35)36/h4-12,17-18,24,29H,13-16,19-20H2,1-3H3,(H,37,40). The maximum atomic E-state index is 13.8. The third-order valence-electron chi connectivity index (χ3n) is 8.88. The molecule has 3 atom stereocenters. The Morgan fingerprint density at radius 2 is 1.79 bits per heavy atom. The minimum atomic E-state index is -4.63. The van der Waals surface area contributed by atoms with Crippen molar-refractivity contribution in [1.29, 1.82) is 0 Å². The van der Waals surface area contributed by atoms with Crippen LogP contribution in [0.5, 0.6) is 11.5 Å². The lowest BCUT2D eigenvalue weighted by atomic mass is 9.64. The van der Waals surface area contributed by atoms with Crippen molar-refractivity contribution in [2.24, 2.45) is 0 Å². The van der Waals surface area contributed by atoms with Gasteiger partial charge in [-0.05, 0) is 80.7 Å². The number of nitrogens with zero attached hydrogens (tertiary/aromatic N) is 2. The highest BCUT2D eigenvalue weighted by Crippen LogP contribution is 2.51. The second-order valence-electron chi connectivity index (χ2n) is 11.1. The molecule has 1 N–H and O–H groups in total. The Morgan fingerprint density at radius 1 is 1.05 bits per heavy atom. The van der Waals surface area contributed by atoms with Gasteiger partial charge in [0.2, 0.25) is 0 Å². The summed E-state index contributed by atoms with van der Waals surface area (Å²) in [7, 11) is 5.36. The van der Waals surface area contributed by atoms with Gasteiger partial charge in [-0.3, -0.25) is 0 Å². The molecule has 0 spiro atoms. The van der Waals surface area contributed by atoms with Gasteiger partial charge in [0.05, 0.1) is 24.8 Å². The number of likely N-dealkylation sites (N-methyl/N-ethyl adjacent to an activating group) is 1. The molecular formula is C32H35ClF3N3O3. The summed E-state index contributed by atoms with van der Waals surface area (Å²) in [5, 5.41) is 2.31. The molecule has 3 unspecified atom stereocenters. The zero-order valence-electron chi connectivity index (χ0n) is 23.9. The van der Waals surface area contributed by atoms with Crippen LogP contribution in [0, 0.1) is 0 Å². The summed E-state index contributed by atoms with van der Waals surface area (Å²) in [6, 6.07) is 18.8. The van der Waals surface area contributed by atoms with Crippen LogP contribution in [0.25, 0.3) is 0 Å². The second kappa shape index (κ2) is 12.1. The normalized spacial score (nSPS) is 22.4. The van der Waals surface area contributed by atoms with Gasteiger partial charge >= 0.3 is 12.2 Å². The van der Waals surface area contributed by atoms with Crippen molar-refractivity contribution in [2.75, 3.05) is 33.1 Å². The Balaban J connectivity index is 1.44. The van der Waals surface area contributed by atoms with Crippen LogP contribution in [0.1, 0.15) is 42.4 Å². The van der Waals surface area contributed by atoms with Gasteiger partial charge in [-0.25, -0.2) is 4.79 Å². The number of benzene rings is 3.